The van der Waals surface area contributed by atoms with Gasteiger partial charge in [-0.1, -0.05) is 25.1 Å². The molecule has 0 aliphatic carbocycles. The third kappa shape index (κ3) is 5.54. The quantitative estimate of drug-likeness (QED) is 0.402. The van der Waals surface area contributed by atoms with Gasteiger partial charge in [0.2, 0.25) is 0 Å². The smallest absolute Gasteiger partial charge is 0.191 e. The van der Waals surface area contributed by atoms with Gasteiger partial charge in [-0.25, -0.2) is 0 Å². The Kier molecular flexibility index (Phi) is 8.58. The zero-order chi connectivity index (χ0) is 17.5. The highest BCUT2D eigenvalue weighted by Gasteiger charge is 2.19. The summed E-state index contributed by atoms with van der Waals surface area (Å²) in [7, 11) is 1.84. The number of para-hydroxylation sites is 1. The van der Waals surface area contributed by atoms with Crippen molar-refractivity contribution in [2.45, 2.75) is 38.8 Å². The number of hydrogen-bond acceptors (Lipinski definition) is 3. The van der Waals surface area contributed by atoms with Crippen molar-refractivity contribution in [1.29, 1.82) is 0 Å². The van der Waals surface area contributed by atoms with Gasteiger partial charge in [0.25, 0.3) is 0 Å². The molecule has 0 atom stereocenters. The summed E-state index contributed by atoms with van der Waals surface area (Å²) in [6.45, 7) is 6.57. The molecule has 142 valence electrons. The number of aromatic nitrogens is 1. The van der Waals surface area contributed by atoms with Crippen LogP contribution in [0.25, 0.3) is 10.9 Å². The zero-order valence-electron chi connectivity index (χ0n) is 15.7. The second-order valence-corrected chi connectivity index (χ2v) is 6.67. The van der Waals surface area contributed by atoms with E-state index in [1.54, 1.807) is 0 Å². The van der Waals surface area contributed by atoms with Crippen molar-refractivity contribution in [1.82, 2.24) is 20.5 Å². The maximum absolute atomic E-state index is 4.43. The van der Waals surface area contributed by atoms with E-state index in [0.717, 1.165) is 18.0 Å². The Labute approximate surface area is 173 Å². The number of halogens is 1. The summed E-state index contributed by atoms with van der Waals surface area (Å²) in [4.78, 5) is 11.4. The van der Waals surface area contributed by atoms with E-state index in [1.165, 1.54) is 49.8 Å². The number of rotatable bonds is 5. The van der Waals surface area contributed by atoms with Crippen LogP contribution in [0.4, 0.5) is 0 Å². The lowest BCUT2D eigenvalue weighted by molar-refractivity contribution is 0.206. The number of nitrogens with zero attached hydrogens (tertiary/aromatic N) is 3. The molecule has 1 aromatic heterocycles. The molecule has 0 saturated carbocycles. The van der Waals surface area contributed by atoms with Gasteiger partial charge in [-0.2, -0.15) is 0 Å². The van der Waals surface area contributed by atoms with Crippen LogP contribution in [0.3, 0.4) is 0 Å². The molecule has 1 aromatic carbocycles. The van der Waals surface area contributed by atoms with Crippen LogP contribution in [0.2, 0.25) is 0 Å². The number of piperidine rings is 1. The Morgan fingerprint density at radius 1 is 1.23 bits per heavy atom. The average molecular weight is 467 g/mol. The van der Waals surface area contributed by atoms with Crippen molar-refractivity contribution in [3.05, 3.63) is 42.1 Å². The summed E-state index contributed by atoms with van der Waals surface area (Å²) in [6, 6.07) is 10.8. The molecule has 0 unspecified atom stereocenters. The summed E-state index contributed by atoms with van der Waals surface area (Å²) < 4.78 is 0. The van der Waals surface area contributed by atoms with E-state index >= 15 is 0 Å². The van der Waals surface area contributed by atoms with Crippen LogP contribution in [-0.4, -0.2) is 48.6 Å². The zero-order valence-corrected chi connectivity index (χ0v) is 18.1. The molecule has 3 rings (SSSR count). The standard InChI is InChI=1S/C20H29N5.HI/c1-3-12-25-13-9-17(10-14-25)24-20(21-2)23-15-16-8-11-22-19-7-5-4-6-18(16)19;/h4-8,11,17H,3,9-10,12-15H2,1-2H3,(H2,21,23,24);1H. The molecule has 2 heterocycles. The van der Waals surface area contributed by atoms with Crippen LogP contribution in [-0.2, 0) is 6.54 Å². The third-order valence-corrected chi connectivity index (χ3v) is 4.88. The van der Waals surface area contributed by atoms with Crippen LogP contribution in [0.15, 0.2) is 41.5 Å². The lowest BCUT2D eigenvalue weighted by atomic mass is 10.1. The van der Waals surface area contributed by atoms with Crippen molar-refractivity contribution >= 4 is 40.8 Å². The number of aliphatic imine (C=N–C) groups is 1. The van der Waals surface area contributed by atoms with Gasteiger partial charge in [-0.15, -0.1) is 24.0 Å². The molecule has 1 fully saturated rings. The Balaban J connectivity index is 0.00000243. The van der Waals surface area contributed by atoms with Gasteiger partial charge in [0.05, 0.1) is 5.52 Å². The fourth-order valence-electron chi connectivity index (χ4n) is 3.49. The van der Waals surface area contributed by atoms with E-state index in [-0.39, 0.29) is 24.0 Å². The Bertz CT molecular complexity index is 705. The van der Waals surface area contributed by atoms with Crippen molar-refractivity contribution < 1.29 is 0 Å². The van der Waals surface area contributed by atoms with Gasteiger partial charge in [0, 0.05) is 44.3 Å². The number of guanidine groups is 1. The molecule has 1 aliphatic rings. The predicted octanol–water partition coefficient (Wildman–Crippen LogP) is 3.39. The van der Waals surface area contributed by atoms with Gasteiger partial charge in [-0.3, -0.25) is 9.98 Å². The number of benzene rings is 1. The minimum atomic E-state index is 0. The Morgan fingerprint density at radius 2 is 2.00 bits per heavy atom. The van der Waals surface area contributed by atoms with Crippen LogP contribution < -0.4 is 10.6 Å². The van der Waals surface area contributed by atoms with Crippen LogP contribution in [0.5, 0.6) is 0 Å². The van der Waals surface area contributed by atoms with Gasteiger partial charge in [-0.05, 0) is 43.5 Å². The highest BCUT2D eigenvalue weighted by molar-refractivity contribution is 14.0. The molecule has 1 saturated heterocycles. The maximum atomic E-state index is 4.43. The summed E-state index contributed by atoms with van der Waals surface area (Å²) in [5, 5.41) is 8.24. The van der Waals surface area contributed by atoms with E-state index in [1.807, 2.05) is 19.3 Å². The number of pyridine rings is 1. The summed E-state index contributed by atoms with van der Waals surface area (Å²) in [5.74, 6) is 0.884. The Morgan fingerprint density at radius 3 is 2.73 bits per heavy atom. The highest BCUT2D eigenvalue weighted by Crippen LogP contribution is 2.16. The normalized spacial score (nSPS) is 16.3. The van der Waals surface area contributed by atoms with E-state index < -0.39 is 0 Å². The second kappa shape index (κ2) is 10.7. The van der Waals surface area contributed by atoms with E-state index in [4.69, 9.17) is 0 Å². The molecule has 2 aromatic rings. The monoisotopic (exact) mass is 467 g/mol. The SMILES string of the molecule is CCCN1CCC(NC(=NC)NCc2ccnc3ccccc23)CC1.I. The first-order valence-corrected chi connectivity index (χ1v) is 9.32. The lowest BCUT2D eigenvalue weighted by Gasteiger charge is -2.32. The largest absolute Gasteiger partial charge is 0.354 e. The fourth-order valence-corrected chi connectivity index (χ4v) is 3.49. The fraction of sp³-hybridized carbons (Fsp3) is 0.500. The van der Waals surface area contributed by atoms with E-state index in [9.17, 15) is 0 Å². The molecule has 0 amide bonds. The Hall–Kier alpha value is -1.41. The number of nitrogens with one attached hydrogen (secondary N) is 2. The number of likely N-dealkylation sites (tertiary alicyclic amines) is 1. The van der Waals surface area contributed by atoms with Crippen LogP contribution >= 0.6 is 24.0 Å². The van der Waals surface area contributed by atoms with Gasteiger partial charge in [0.1, 0.15) is 0 Å². The third-order valence-electron chi connectivity index (χ3n) is 4.88. The van der Waals surface area contributed by atoms with Crippen LogP contribution in [0.1, 0.15) is 31.7 Å². The molecule has 5 nitrogen and oxygen atoms in total. The molecule has 0 bridgehead atoms. The second-order valence-electron chi connectivity index (χ2n) is 6.67. The van der Waals surface area contributed by atoms with Crippen molar-refractivity contribution in [3.8, 4) is 0 Å². The number of hydrogen-bond donors (Lipinski definition) is 2. The molecule has 2 N–H and O–H groups in total. The highest BCUT2D eigenvalue weighted by atomic mass is 127. The summed E-state index contributed by atoms with van der Waals surface area (Å²) >= 11 is 0. The van der Waals surface area contributed by atoms with Crippen molar-refractivity contribution in [3.63, 3.8) is 0 Å². The summed E-state index contributed by atoms with van der Waals surface area (Å²) in [6.07, 6.45) is 5.47. The topological polar surface area (TPSA) is 52.5 Å². The van der Waals surface area contributed by atoms with E-state index in [2.05, 4.69) is 56.7 Å². The average Bonchev–Trinajstić information content (AvgIpc) is 2.66. The minimum Gasteiger partial charge on any atom is -0.354 e. The van der Waals surface area contributed by atoms with Crippen molar-refractivity contribution in [2.24, 2.45) is 4.99 Å². The van der Waals surface area contributed by atoms with Gasteiger partial charge in [0.15, 0.2) is 5.96 Å². The molecule has 26 heavy (non-hydrogen) atoms. The first-order valence-electron chi connectivity index (χ1n) is 9.32. The maximum Gasteiger partial charge on any atom is 0.191 e. The lowest BCUT2D eigenvalue weighted by Crippen LogP contribution is -2.48. The van der Waals surface area contributed by atoms with E-state index in [0.29, 0.717) is 6.04 Å². The first-order chi connectivity index (χ1) is 12.3. The molecular weight excluding hydrogens is 437 g/mol. The van der Waals surface area contributed by atoms with Crippen LogP contribution in [0, 0.1) is 0 Å². The first kappa shape index (κ1) is 20.9. The summed E-state index contributed by atoms with van der Waals surface area (Å²) in [5.41, 5.74) is 2.28. The molecule has 0 radical (unpaired) electrons. The minimum absolute atomic E-state index is 0. The predicted molar refractivity (Wildman–Crippen MR) is 120 cm³/mol. The number of fused-ring (bicyclic) bond motifs is 1. The molecular formula is C20H30IN5. The molecule has 6 heteroatoms. The van der Waals surface area contributed by atoms with Gasteiger partial charge < -0.3 is 15.5 Å². The molecule has 0 spiro atoms. The molecule has 1 aliphatic heterocycles. The van der Waals surface area contributed by atoms with Gasteiger partial charge >= 0.3 is 0 Å². The van der Waals surface area contributed by atoms with Crippen molar-refractivity contribution in [2.75, 3.05) is 26.7 Å².